The highest BCUT2D eigenvalue weighted by Gasteiger charge is 2.19. The molecule has 1 fully saturated rings. The van der Waals surface area contributed by atoms with E-state index in [2.05, 4.69) is 4.99 Å². The maximum Gasteiger partial charge on any atom is 0.320 e. The van der Waals surface area contributed by atoms with Crippen LogP contribution in [0.1, 0.15) is 29.6 Å². The summed E-state index contributed by atoms with van der Waals surface area (Å²) in [5.41, 5.74) is 0.333. The number of carbonyl (C=O) groups excluding carboxylic acids is 2. The SMILES string of the molecule is O=C(N=C(Cl)N1CCCCC1)C(=O)c1ccccc1. The van der Waals surface area contributed by atoms with Gasteiger partial charge in [0.2, 0.25) is 5.29 Å². The zero-order valence-electron chi connectivity index (χ0n) is 10.5. The van der Waals surface area contributed by atoms with Crippen LogP contribution in [0.25, 0.3) is 0 Å². The summed E-state index contributed by atoms with van der Waals surface area (Å²) in [7, 11) is 0. The maximum absolute atomic E-state index is 11.8. The Hall–Kier alpha value is -1.68. The summed E-state index contributed by atoms with van der Waals surface area (Å²) in [6.07, 6.45) is 3.23. The summed E-state index contributed by atoms with van der Waals surface area (Å²) >= 11 is 5.99. The van der Waals surface area contributed by atoms with Crippen molar-refractivity contribution in [2.24, 2.45) is 4.99 Å². The highest BCUT2D eigenvalue weighted by Crippen LogP contribution is 2.11. The summed E-state index contributed by atoms with van der Waals surface area (Å²) in [4.78, 5) is 29.1. The molecule has 1 aliphatic heterocycles. The second-order valence-electron chi connectivity index (χ2n) is 4.43. The number of nitrogens with zero attached hydrogens (tertiary/aromatic N) is 2. The lowest BCUT2D eigenvalue weighted by atomic mass is 10.1. The molecule has 0 aliphatic carbocycles. The van der Waals surface area contributed by atoms with Crippen molar-refractivity contribution in [1.82, 2.24) is 4.90 Å². The van der Waals surface area contributed by atoms with E-state index in [4.69, 9.17) is 11.6 Å². The Morgan fingerprint density at radius 3 is 2.32 bits per heavy atom. The van der Waals surface area contributed by atoms with Gasteiger partial charge in [0.25, 0.3) is 5.78 Å². The number of Topliss-reactive ketones (excluding diaryl/α,β-unsaturated/α-hetero) is 1. The van der Waals surface area contributed by atoms with Crippen LogP contribution in [-0.4, -0.2) is 35.0 Å². The molecule has 4 nitrogen and oxygen atoms in total. The van der Waals surface area contributed by atoms with Crippen LogP contribution in [0.2, 0.25) is 0 Å². The molecule has 0 N–H and O–H groups in total. The van der Waals surface area contributed by atoms with Crippen molar-refractivity contribution in [3.8, 4) is 0 Å². The average molecular weight is 279 g/mol. The first kappa shape index (κ1) is 13.7. The van der Waals surface area contributed by atoms with Crippen molar-refractivity contribution in [3.05, 3.63) is 35.9 Å². The van der Waals surface area contributed by atoms with Crippen molar-refractivity contribution in [1.29, 1.82) is 0 Å². The lowest BCUT2D eigenvalue weighted by Crippen LogP contribution is -2.33. The van der Waals surface area contributed by atoms with Gasteiger partial charge in [-0.15, -0.1) is 0 Å². The van der Waals surface area contributed by atoms with Crippen LogP contribution in [0.15, 0.2) is 35.3 Å². The second kappa shape index (κ2) is 6.48. The van der Waals surface area contributed by atoms with E-state index >= 15 is 0 Å². The number of amides is 1. The molecule has 19 heavy (non-hydrogen) atoms. The van der Waals surface area contributed by atoms with Gasteiger partial charge in [-0.05, 0) is 30.9 Å². The molecule has 0 unspecified atom stereocenters. The van der Waals surface area contributed by atoms with Gasteiger partial charge in [-0.2, -0.15) is 4.99 Å². The molecule has 1 aromatic rings. The van der Waals surface area contributed by atoms with Crippen LogP contribution in [0.3, 0.4) is 0 Å². The minimum absolute atomic E-state index is 0.119. The minimum Gasteiger partial charge on any atom is -0.347 e. The molecular formula is C14H15ClN2O2. The molecule has 1 aliphatic rings. The number of ketones is 1. The molecule has 0 spiro atoms. The molecule has 5 heteroatoms. The number of piperidine rings is 1. The first-order valence-electron chi connectivity index (χ1n) is 6.31. The van der Waals surface area contributed by atoms with Gasteiger partial charge in [-0.1, -0.05) is 30.3 Å². The van der Waals surface area contributed by atoms with Gasteiger partial charge in [0.05, 0.1) is 0 Å². The molecule has 0 bridgehead atoms. The van der Waals surface area contributed by atoms with Gasteiger partial charge in [0.15, 0.2) is 0 Å². The Morgan fingerprint density at radius 1 is 1.05 bits per heavy atom. The van der Waals surface area contributed by atoms with E-state index in [1.54, 1.807) is 30.3 Å². The maximum atomic E-state index is 11.8. The Labute approximate surface area is 117 Å². The van der Waals surface area contributed by atoms with E-state index in [1.165, 1.54) is 0 Å². The fourth-order valence-electron chi connectivity index (χ4n) is 2.00. The molecular weight excluding hydrogens is 264 g/mol. The van der Waals surface area contributed by atoms with E-state index in [0.29, 0.717) is 5.56 Å². The summed E-state index contributed by atoms with van der Waals surface area (Å²) in [5, 5.41) is 0.119. The van der Waals surface area contributed by atoms with Gasteiger partial charge < -0.3 is 4.90 Å². The summed E-state index contributed by atoms with van der Waals surface area (Å²) in [6.45, 7) is 1.57. The Balaban J connectivity index is 2.05. The van der Waals surface area contributed by atoms with Crippen LogP contribution >= 0.6 is 11.6 Å². The smallest absolute Gasteiger partial charge is 0.320 e. The molecule has 0 atom stereocenters. The third-order valence-corrected chi connectivity index (χ3v) is 3.36. The quantitative estimate of drug-likeness (QED) is 0.275. The van der Waals surface area contributed by atoms with E-state index < -0.39 is 11.7 Å². The van der Waals surface area contributed by atoms with E-state index in [0.717, 1.165) is 32.4 Å². The predicted octanol–water partition coefficient (Wildman–Crippen LogP) is 2.48. The van der Waals surface area contributed by atoms with Crippen molar-refractivity contribution < 1.29 is 9.59 Å². The molecule has 1 saturated heterocycles. The highest BCUT2D eigenvalue weighted by atomic mass is 35.5. The predicted molar refractivity (Wildman–Crippen MR) is 74.5 cm³/mol. The molecule has 1 amide bonds. The second-order valence-corrected chi connectivity index (χ2v) is 4.77. The highest BCUT2D eigenvalue weighted by molar-refractivity contribution is 6.66. The monoisotopic (exact) mass is 278 g/mol. The first-order chi connectivity index (χ1) is 9.18. The standard InChI is InChI=1S/C14H15ClN2O2/c15-14(17-9-5-2-6-10-17)16-13(19)12(18)11-7-3-1-4-8-11/h1,3-4,7-8H,2,5-6,9-10H2. The summed E-state index contributed by atoms with van der Waals surface area (Å²) in [5.74, 6) is -1.45. The Kier molecular flexibility index (Phi) is 4.68. The lowest BCUT2D eigenvalue weighted by molar-refractivity contribution is -0.113. The van der Waals surface area contributed by atoms with Crippen LogP contribution in [0.5, 0.6) is 0 Å². The molecule has 2 rings (SSSR count). The molecule has 1 aromatic carbocycles. The van der Waals surface area contributed by atoms with Crippen LogP contribution in [0.4, 0.5) is 0 Å². The Bertz CT molecular complexity index is 493. The zero-order valence-corrected chi connectivity index (χ0v) is 11.3. The first-order valence-corrected chi connectivity index (χ1v) is 6.69. The van der Waals surface area contributed by atoms with Gasteiger partial charge in [-0.3, -0.25) is 9.59 Å². The topological polar surface area (TPSA) is 49.7 Å². The zero-order chi connectivity index (χ0) is 13.7. The third-order valence-electron chi connectivity index (χ3n) is 3.04. The largest absolute Gasteiger partial charge is 0.347 e. The minimum atomic E-state index is -0.818. The third kappa shape index (κ3) is 3.64. The fraction of sp³-hybridized carbons (Fsp3) is 0.357. The number of rotatable bonds is 2. The van der Waals surface area contributed by atoms with Crippen molar-refractivity contribution >= 4 is 28.6 Å². The van der Waals surface area contributed by atoms with E-state index in [-0.39, 0.29) is 5.29 Å². The van der Waals surface area contributed by atoms with Crippen LogP contribution < -0.4 is 0 Å². The van der Waals surface area contributed by atoms with Crippen molar-refractivity contribution in [2.75, 3.05) is 13.1 Å². The van der Waals surface area contributed by atoms with Gasteiger partial charge in [0.1, 0.15) is 0 Å². The Morgan fingerprint density at radius 2 is 1.68 bits per heavy atom. The summed E-state index contributed by atoms with van der Waals surface area (Å²) < 4.78 is 0. The van der Waals surface area contributed by atoms with Crippen molar-refractivity contribution in [2.45, 2.75) is 19.3 Å². The average Bonchev–Trinajstić information content (AvgIpc) is 2.48. The number of aliphatic imine (C=N–C) groups is 1. The van der Waals surface area contributed by atoms with Crippen molar-refractivity contribution in [3.63, 3.8) is 0 Å². The number of amidine groups is 1. The fourth-order valence-corrected chi connectivity index (χ4v) is 2.24. The molecule has 100 valence electrons. The number of benzene rings is 1. The molecule has 0 radical (unpaired) electrons. The number of carbonyl (C=O) groups is 2. The van der Waals surface area contributed by atoms with Crippen LogP contribution in [-0.2, 0) is 4.79 Å². The lowest BCUT2D eigenvalue weighted by Gasteiger charge is -2.26. The number of hydrogen-bond acceptors (Lipinski definition) is 2. The van der Waals surface area contributed by atoms with Gasteiger partial charge in [0, 0.05) is 18.7 Å². The molecule has 1 heterocycles. The summed E-state index contributed by atoms with van der Waals surface area (Å²) in [6, 6.07) is 8.37. The number of hydrogen-bond donors (Lipinski definition) is 0. The normalized spacial score (nSPS) is 16.3. The number of halogens is 1. The van der Waals surface area contributed by atoms with E-state index in [1.807, 2.05) is 4.90 Å². The molecule has 0 saturated carbocycles. The number of likely N-dealkylation sites (tertiary alicyclic amines) is 1. The van der Waals surface area contributed by atoms with Gasteiger partial charge >= 0.3 is 5.91 Å². The van der Waals surface area contributed by atoms with Gasteiger partial charge in [-0.25, -0.2) is 0 Å². The van der Waals surface area contributed by atoms with Crippen LogP contribution in [0, 0.1) is 0 Å². The molecule has 0 aromatic heterocycles. The van der Waals surface area contributed by atoms with E-state index in [9.17, 15) is 9.59 Å².